The monoisotopic (exact) mass is 223 g/mol. The predicted octanol–water partition coefficient (Wildman–Crippen LogP) is 4.30. The lowest BCUT2D eigenvalue weighted by atomic mass is 9.97. The molecule has 1 aliphatic carbocycles. The fraction of sp³-hybridized carbons (Fsp3) is 0.250. The van der Waals surface area contributed by atoms with E-state index in [0.717, 1.165) is 6.42 Å². The van der Waals surface area contributed by atoms with E-state index >= 15 is 0 Å². The largest absolute Gasteiger partial charge is 0.344 e. The van der Waals surface area contributed by atoms with Crippen molar-refractivity contribution >= 4 is 16.5 Å². The maximum atomic E-state index is 2.30. The van der Waals surface area contributed by atoms with Gasteiger partial charge in [0.2, 0.25) is 0 Å². The van der Waals surface area contributed by atoms with Gasteiger partial charge in [-0.2, -0.15) is 0 Å². The Kier molecular flexibility index (Phi) is 2.40. The third kappa shape index (κ3) is 1.72. The number of fused-ring (bicyclic) bond motifs is 1. The van der Waals surface area contributed by atoms with Gasteiger partial charge in [-0.1, -0.05) is 35.9 Å². The Labute approximate surface area is 102 Å². The lowest BCUT2D eigenvalue weighted by Crippen LogP contribution is -1.98. The zero-order valence-corrected chi connectivity index (χ0v) is 10.4. The summed E-state index contributed by atoms with van der Waals surface area (Å²) < 4.78 is 2.30. The number of aromatic nitrogens is 1. The molecule has 0 fully saturated rings. The van der Waals surface area contributed by atoms with Crippen molar-refractivity contribution in [2.75, 3.05) is 0 Å². The molecule has 0 saturated carbocycles. The van der Waals surface area contributed by atoms with Crippen molar-refractivity contribution in [3.8, 4) is 0 Å². The first-order valence-electron chi connectivity index (χ1n) is 6.17. The number of nitrogens with zero attached hydrogens (tertiary/aromatic N) is 1. The minimum Gasteiger partial charge on any atom is -0.344 e. The molecule has 0 amide bonds. The number of para-hydroxylation sites is 1. The van der Waals surface area contributed by atoms with E-state index in [1.54, 1.807) is 0 Å². The Morgan fingerprint density at radius 3 is 2.59 bits per heavy atom. The Morgan fingerprint density at radius 2 is 1.88 bits per heavy atom. The van der Waals surface area contributed by atoms with Crippen LogP contribution in [0.3, 0.4) is 0 Å². The van der Waals surface area contributed by atoms with Crippen LogP contribution in [0.4, 0.5) is 0 Å². The molecule has 1 aromatic heterocycles. The van der Waals surface area contributed by atoms with Gasteiger partial charge in [0.15, 0.2) is 0 Å². The van der Waals surface area contributed by atoms with Crippen LogP contribution in [0.5, 0.6) is 0 Å². The van der Waals surface area contributed by atoms with Gasteiger partial charge in [-0.3, -0.25) is 0 Å². The summed E-state index contributed by atoms with van der Waals surface area (Å²) in [5.74, 6) is 0. The van der Waals surface area contributed by atoms with E-state index in [9.17, 15) is 0 Å². The summed E-state index contributed by atoms with van der Waals surface area (Å²) in [7, 11) is 2.16. The molecular formula is C16H17N. The first-order chi connectivity index (χ1) is 8.25. The van der Waals surface area contributed by atoms with Crippen LogP contribution in [-0.2, 0) is 7.05 Å². The van der Waals surface area contributed by atoms with Crippen molar-refractivity contribution in [1.29, 1.82) is 0 Å². The summed E-state index contributed by atoms with van der Waals surface area (Å²) in [6.45, 7) is 2.20. The Balaban J connectivity index is 2.15. The number of hydrogen-bond donors (Lipinski definition) is 0. The van der Waals surface area contributed by atoms with E-state index in [-0.39, 0.29) is 0 Å². The molecule has 3 rings (SSSR count). The molecule has 1 nitrogen and oxygen atoms in total. The number of rotatable bonds is 1. The van der Waals surface area contributed by atoms with Crippen LogP contribution < -0.4 is 0 Å². The lowest BCUT2D eigenvalue weighted by Gasteiger charge is -2.13. The molecule has 0 atom stereocenters. The second-order valence-electron chi connectivity index (χ2n) is 4.85. The molecule has 0 bridgehead atoms. The van der Waals surface area contributed by atoms with Gasteiger partial charge >= 0.3 is 0 Å². The van der Waals surface area contributed by atoms with Crippen molar-refractivity contribution < 1.29 is 0 Å². The molecule has 1 aliphatic rings. The Morgan fingerprint density at radius 1 is 1.06 bits per heavy atom. The second kappa shape index (κ2) is 3.92. The molecule has 0 saturated heterocycles. The van der Waals surface area contributed by atoms with Crippen molar-refractivity contribution in [3.05, 3.63) is 53.8 Å². The number of aryl methyl sites for hydroxylation is 1. The first kappa shape index (κ1) is 10.4. The van der Waals surface area contributed by atoms with Gasteiger partial charge in [0.1, 0.15) is 0 Å². The predicted molar refractivity (Wildman–Crippen MR) is 73.9 cm³/mol. The van der Waals surface area contributed by atoms with E-state index in [0.29, 0.717) is 0 Å². The maximum Gasteiger partial charge on any atom is 0.0482 e. The lowest BCUT2D eigenvalue weighted by molar-refractivity contribution is 0.909. The van der Waals surface area contributed by atoms with E-state index in [2.05, 4.69) is 61.0 Å². The molecule has 2 aromatic rings. The highest BCUT2D eigenvalue weighted by molar-refractivity contribution is 5.86. The van der Waals surface area contributed by atoms with E-state index in [4.69, 9.17) is 0 Å². The standard InChI is InChI=1S/C16H17N/c1-12-7-9-13(10-8-12)16-11-14-5-3-4-6-15(14)17(16)2/h3-7,9,11H,8,10H2,1-2H3. The minimum absolute atomic E-state index is 1.16. The second-order valence-corrected chi connectivity index (χ2v) is 4.85. The highest BCUT2D eigenvalue weighted by atomic mass is 14.9. The molecule has 0 aliphatic heterocycles. The smallest absolute Gasteiger partial charge is 0.0482 e. The van der Waals surface area contributed by atoms with Crippen LogP contribution >= 0.6 is 0 Å². The van der Waals surface area contributed by atoms with Crippen LogP contribution in [0, 0.1) is 0 Å². The maximum absolute atomic E-state index is 2.30. The molecule has 1 heteroatoms. The van der Waals surface area contributed by atoms with Crippen LogP contribution in [0.1, 0.15) is 25.5 Å². The zero-order chi connectivity index (χ0) is 11.8. The average molecular weight is 223 g/mol. The van der Waals surface area contributed by atoms with Gasteiger partial charge in [0, 0.05) is 23.6 Å². The summed E-state index contributed by atoms with van der Waals surface area (Å²) >= 11 is 0. The van der Waals surface area contributed by atoms with Crippen molar-refractivity contribution in [2.45, 2.75) is 19.8 Å². The highest BCUT2D eigenvalue weighted by Gasteiger charge is 2.11. The SMILES string of the molecule is CC1=CC=C(c2cc3ccccc3n2C)CC1. The summed E-state index contributed by atoms with van der Waals surface area (Å²) in [6.07, 6.45) is 6.86. The molecule has 0 unspecified atom stereocenters. The molecular weight excluding hydrogens is 206 g/mol. The highest BCUT2D eigenvalue weighted by Crippen LogP contribution is 2.30. The molecule has 17 heavy (non-hydrogen) atoms. The number of benzene rings is 1. The van der Waals surface area contributed by atoms with Gasteiger partial charge in [-0.25, -0.2) is 0 Å². The minimum atomic E-state index is 1.16. The van der Waals surface area contributed by atoms with Crippen LogP contribution in [0.15, 0.2) is 48.1 Å². The van der Waals surface area contributed by atoms with Crippen LogP contribution in [0.2, 0.25) is 0 Å². The number of hydrogen-bond acceptors (Lipinski definition) is 0. The summed E-state index contributed by atoms with van der Waals surface area (Å²) in [6, 6.07) is 10.9. The van der Waals surface area contributed by atoms with Gasteiger partial charge in [0.05, 0.1) is 0 Å². The van der Waals surface area contributed by atoms with Gasteiger partial charge in [-0.15, -0.1) is 0 Å². The van der Waals surface area contributed by atoms with E-state index in [1.165, 1.54) is 34.2 Å². The van der Waals surface area contributed by atoms with Crippen molar-refractivity contribution in [3.63, 3.8) is 0 Å². The summed E-state index contributed by atoms with van der Waals surface area (Å²) in [4.78, 5) is 0. The molecule has 0 radical (unpaired) electrons. The van der Waals surface area contributed by atoms with Crippen molar-refractivity contribution in [1.82, 2.24) is 4.57 Å². The van der Waals surface area contributed by atoms with Crippen LogP contribution in [-0.4, -0.2) is 4.57 Å². The fourth-order valence-corrected chi connectivity index (χ4v) is 2.55. The van der Waals surface area contributed by atoms with Gasteiger partial charge in [-0.05, 0) is 37.5 Å². The van der Waals surface area contributed by atoms with E-state index in [1.807, 2.05) is 0 Å². The van der Waals surface area contributed by atoms with Gasteiger partial charge < -0.3 is 4.57 Å². The molecule has 86 valence electrons. The Bertz CT molecular complexity index is 626. The molecule has 0 spiro atoms. The van der Waals surface area contributed by atoms with Crippen LogP contribution in [0.25, 0.3) is 16.5 Å². The number of allylic oxidation sites excluding steroid dienone is 4. The van der Waals surface area contributed by atoms with Crippen molar-refractivity contribution in [2.24, 2.45) is 7.05 Å². The van der Waals surface area contributed by atoms with Gasteiger partial charge in [0.25, 0.3) is 0 Å². The third-order valence-electron chi connectivity index (χ3n) is 3.64. The Hall–Kier alpha value is -1.76. The quantitative estimate of drug-likeness (QED) is 0.679. The zero-order valence-electron chi connectivity index (χ0n) is 10.4. The summed E-state index contributed by atoms with van der Waals surface area (Å²) in [5, 5.41) is 1.33. The first-order valence-corrected chi connectivity index (χ1v) is 6.17. The third-order valence-corrected chi connectivity index (χ3v) is 3.64. The molecule has 1 heterocycles. The van der Waals surface area contributed by atoms with E-state index < -0.39 is 0 Å². The molecule has 1 aromatic carbocycles. The molecule has 0 N–H and O–H groups in total. The summed E-state index contributed by atoms with van der Waals surface area (Å²) in [5.41, 5.74) is 5.60. The normalized spacial score (nSPS) is 15.9. The fourth-order valence-electron chi connectivity index (χ4n) is 2.55. The average Bonchev–Trinajstić information content (AvgIpc) is 2.69. The topological polar surface area (TPSA) is 4.93 Å².